The van der Waals surface area contributed by atoms with E-state index in [1.165, 1.54) is 9.75 Å². The maximum Gasteiger partial charge on any atom is 0.219 e. The molecule has 7 heteroatoms. The van der Waals surface area contributed by atoms with Crippen molar-refractivity contribution >= 4 is 47.2 Å². The minimum atomic E-state index is 0. The number of nitrogens with zero attached hydrogens (tertiary/aromatic N) is 2. The lowest BCUT2D eigenvalue weighted by Crippen LogP contribution is -2.49. The second-order valence-electron chi connectivity index (χ2n) is 5.57. The first kappa shape index (κ1) is 20.2. The minimum Gasteiger partial charge on any atom is -0.354 e. The Morgan fingerprint density at radius 1 is 1.35 bits per heavy atom. The fraction of sp³-hybridized carbons (Fsp3) is 0.625. The predicted molar refractivity (Wildman–Crippen MR) is 108 cm³/mol. The lowest BCUT2D eigenvalue weighted by molar-refractivity contribution is -0.129. The number of hydrogen-bond donors (Lipinski definition) is 2. The molecule has 1 aromatic heterocycles. The van der Waals surface area contributed by atoms with Crippen molar-refractivity contribution in [3.05, 3.63) is 21.9 Å². The molecule has 0 aromatic carbocycles. The molecule has 1 aliphatic heterocycles. The number of aliphatic imine (C=N–C) groups is 1. The molecule has 0 spiro atoms. The Hall–Kier alpha value is -0.830. The van der Waals surface area contributed by atoms with Crippen molar-refractivity contribution in [2.75, 3.05) is 20.1 Å². The van der Waals surface area contributed by atoms with Gasteiger partial charge in [0.25, 0.3) is 0 Å². The molecule has 0 unspecified atom stereocenters. The largest absolute Gasteiger partial charge is 0.354 e. The van der Waals surface area contributed by atoms with Gasteiger partial charge in [-0.25, -0.2) is 0 Å². The molecule has 0 radical (unpaired) electrons. The van der Waals surface area contributed by atoms with E-state index in [0.717, 1.165) is 44.9 Å². The van der Waals surface area contributed by atoms with Gasteiger partial charge in [0, 0.05) is 42.9 Å². The lowest BCUT2D eigenvalue weighted by Gasteiger charge is -2.32. The van der Waals surface area contributed by atoms with E-state index in [-0.39, 0.29) is 29.9 Å². The molecule has 1 fully saturated rings. The highest BCUT2D eigenvalue weighted by Gasteiger charge is 2.21. The van der Waals surface area contributed by atoms with E-state index in [2.05, 4.69) is 34.7 Å². The van der Waals surface area contributed by atoms with E-state index in [1.54, 1.807) is 14.0 Å². The number of carbonyl (C=O) groups is 1. The van der Waals surface area contributed by atoms with Crippen LogP contribution in [0.5, 0.6) is 0 Å². The number of nitrogens with one attached hydrogen (secondary N) is 2. The highest BCUT2D eigenvalue weighted by Crippen LogP contribution is 2.16. The maximum atomic E-state index is 11.3. The SMILES string of the molecule is CCc1ccc(CNC(=NC)NC2CCN(C(C)=O)CC2)s1.I. The molecule has 0 bridgehead atoms. The van der Waals surface area contributed by atoms with Crippen LogP contribution in [0, 0.1) is 0 Å². The van der Waals surface area contributed by atoms with Crippen LogP contribution in [-0.2, 0) is 17.8 Å². The molecule has 2 heterocycles. The number of likely N-dealkylation sites (tertiary alicyclic amines) is 1. The van der Waals surface area contributed by atoms with Crippen molar-refractivity contribution in [1.29, 1.82) is 0 Å². The Balaban J connectivity index is 0.00000264. The van der Waals surface area contributed by atoms with Crippen LogP contribution in [0.1, 0.15) is 36.4 Å². The number of carbonyl (C=O) groups excluding carboxylic acids is 1. The summed E-state index contributed by atoms with van der Waals surface area (Å²) >= 11 is 1.85. The van der Waals surface area contributed by atoms with Gasteiger partial charge in [0.1, 0.15) is 0 Å². The third-order valence-corrected chi connectivity index (χ3v) is 5.23. The number of piperidine rings is 1. The number of amides is 1. The number of hydrogen-bond acceptors (Lipinski definition) is 3. The first-order valence-electron chi connectivity index (χ1n) is 7.92. The van der Waals surface area contributed by atoms with Crippen molar-refractivity contribution in [3.8, 4) is 0 Å². The van der Waals surface area contributed by atoms with Crippen LogP contribution in [0.2, 0.25) is 0 Å². The molecule has 0 saturated carbocycles. The first-order valence-corrected chi connectivity index (χ1v) is 8.74. The molecule has 1 amide bonds. The Morgan fingerprint density at radius 3 is 2.52 bits per heavy atom. The van der Waals surface area contributed by atoms with Crippen molar-refractivity contribution in [1.82, 2.24) is 15.5 Å². The summed E-state index contributed by atoms with van der Waals surface area (Å²) in [5.74, 6) is 1.01. The Morgan fingerprint density at radius 2 is 2.00 bits per heavy atom. The summed E-state index contributed by atoms with van der Waals surface area (Å²) in [6.45, 7) is 6.27. The highest BCUT2D eigenvalue weighted by molar-refractivity contribution is 14.0. The van der Waals surface area contributed by atoms with Gasteiger partial charge >= 0.3 is 0 Å². The molecule has 0 aliphatic carbocycles. The van der Waals surface area contributed by atoms with Gasteiger partial charge in [0.05, 0.1) is 6.54 Å². The molecule has 23 heavy (non-hydrogen) atoms. The molecule has 0 atom stereocenters. The van der Waals surface area contributed by atoms with Crippen LogP contribution in [0.25, 0.3) is 0 Å². The monoisotopic (exact) mass is 450 g/mol. The predicted octanol–water partition coefficient (Wildman–Crippen LogP) is 2.60. The van der Waals surface area contributed by atoms with Crippen molar-refractivity contribution in [3.63, 3.8) is 0 Å². The molecule has 1 aromatic rings. The molecular weight excluding hydrogens is 423 g/mol. The average molecular weight is 450 g/mol. The topological polar surface area (TPSA) is 56.7 Å². The molecule has 2 N–H and O–H groups in total. The van der Waals surface area contributed by atoms with Gasteiger partial charge in [-0.05, 0) is 31.4 Å². The summed E-state index contributed by atoms with van der Waals surface area (Å²) in [7, 11) is 1.80. The highest BCUT2D eigenvalue weighted by atomic mass is 127. The van der Waals surface area contributed by atoms with E-state index in [4.69, 9.17) is 0 Å². The molecule has 5 nitrogen and oxygen atoms in total. The summed E-state index contributed by atoms with van der Waals surface area (Å²) in [4.78, 5) is 20.3. The van der Waals surface area contributed by atoms with Crippen LogP contribution in [0.4, 0.5) is 0 Å². The van der Waals surface area contributed by atoms with Gasteiger partial charge in [-0.3, -0.25) is 9.79 Å². The van der Waals surface area contributed by atoms with Gasteiger partial charge < -0.3 is 15.5 Å². The van der Waals surface area contributed by atoms with E-state index >= 15 is 0 Å². The third-order valence-electron chi connectivity index (χ3n) is 4.00. The lowest BCUT2D eigenvalue weighted by atomic mass is 10.1. The number of thiophene rings is 1. The normalized spacial score (nSPS) is 16.0. The minimum absolute atomic E-state index is 0. The van der Waals surface area contributed by atoms with E-state index < -0.39 is 0 Å². The van der Waals surface area contributed by atoms with Crippen LogP contribution < -0.4 is 10.6 Å². The first-order chi connectivity index (χ1) is 10.6. The summed E-state index contributed by atoms with van der Waals surface area (Å²) in [6.07, 6.45) is 3.03. The second-order valence-corrected chi connectivity index (χ2v) is 6.82. The molecule has 1 saturated heterocycles. The molecular formula is C16H27IN4OS. The van der Waals surface area contributed by atoms with Crippen LogP contribution in [0.15, 0.2) is 17.1 Å². The smallest absolute Gasteiger partial charge is 0.219 e. The van der Waals surface area contributed by atoms with Gasteiger partial charge in [-0.1, -0.05) is 6.92 Å². The Labute approximate surface area is 160 Å². The number of aryl methyl sites for hydroxylation is 1. The van der Waals surface area contributed by atoms with E-state index in [0.29, 0.717) is 6.04 Å². The fourth-order valence-electron chi connectivity index (χ4n) is 2.60. The molecule has 2 rings (SSSR count). The van der Waals surface area contributed by atoms with Crippen molar-refractivity contribution in [2.45, 2.75) is 45.7 Å². The number of guanidine groups is 1. The van der Waals surface area contributed by atoms with Crippen LogP contribution in [0.3, 0.4) is 0 Å². The van der Waals surface area contributed by atoms with Gasteiger partial charge in [-0.15, -0.1) is 35.3 Å². The zero-order valence-corrected chi connectivity index (χ0v) is 17.2. The van der Waals surface area contributed by atoms with Crippen LogP contribution in [-0.4, -0.2) is 42.9 Å². The average Bonchev–Trinajstić information content (AvgIpc) is 3.00. The van der Waals surface area contributed by atoms with E-state index in [9.17, 15) is 4.79 Å². The Kier molecular flexibility index (Phi) is 8.90. The molecule has 1 aliphatic rings. The van der Waals surface area contributed by atoms with E-state index in [1.807, 2.05) is 16.2 Å². The van der Waals surface area contributed by atoms with Gasteiger partial charge in [-0.2, -0.15) is 0 Å². The number of halogens is 1. The summed E-state index contributed by atoms with van der Waals surface area (Å²) in [5, 5.41) is 6.83. The third kappa shape index (κ3) is 6.29. The standard InChI is InChI=1S/C16H26N4OS.HI/c1-4-14-5-6-15(22-14)11-18-16(17-3)19-13-7-9-20(10-8-13)12(2)21;/h5-6,13H,4,7-11H2,1-3H3,(H2,17,18,19);1H. The van der Waals surface area contributed by atoms with Gasteiger partial charge in [0.2, 0.25) is 5.91 Å². The summed E-state index contributed by atoms with van der Waals surface area (Å²) < 4.78 is 0. The summed E-state index contributed by atoms with van der Waals surface area (Å²) in [6, 6.07) is 4.75. The number of rotatable bonds is 4. The van der Waals surface area contributed by atoms with Gasteiger partial charge in [0.15, 0.2) is 5.96 Å². The second kappa shape index (κ2) is 10.1. The fourth-order valence-corrected chi connectivity index (χ4v) is 3.50. The van der Waals surface area contributed by atoms with Crippen molar-refractivity contribution < 1.29 is 4.79 Å². The maximum absolute atomic E-state index is 11.3. The quantitative estimate of drug-likeness (QED) is 0.421. The Bertz CT molecular complexity index is 524. The zero-order valence-electron chi connectivity index (χ0n) is 14.1. The van der Waals surface area contributed by atoms with Crippen molar-refractivity contribution in [2.24, 2.45) is 4.99 Å². The molecule has 130 valence electrons. The van der Waals surface area contributed by atoms with Crippen LogP contribution >= 0.6 is 35.3 Å². The summed E-state index contributed by atoms with van der Waals surface area (Å²) in [5.41, 5.74) is 0. The zero-order chi connectivity index (χ0) is 15.9.